The summed E-state index contributed by atoms with van der Waals surface area (Å²) in [5, 5.41) is 11.1. The first-order chi connectivity index (χ1) is 5.56. The Morgan fingerprint density at radius 2 is 2.25 bits per heavy atom. The van der Waals surface area contributed by atoms with Crippen LogP contribution in [-0.4, -0.2) is 30.9 Å². The Hall–Kier alpha value is -1.24. The van der Waals surface area contributed by atoms with Crippen LogP contribution in [0.3, 0.4) is 0 Å². The SMILES string of the molecule is CC(C)CNC(=O)CN(C)C#N. The minimum Gasteiger partial charge on any atom is -0.354 e. The van der Waals surface area contributed by atoms with Gasteiger partial charge in [0.2, 0.25) is 5.91 Å². The van der Waals surface area contributed by atoms with E-state index in [1.807, 2.05) is 20.0 Å². The van der Waals surface area contributed by atoms with Gasteiger partial charge in [-0.2, -0.15) is 5.26 Å². The van der Waals surface area contributed by atoms with E-state index in [4.69, 9.17) is 5.26 Å². The van der Waals surface area contributed by atoms with Crippen molar-refractivity contribution in [3.8, 4) is 6.19 Å². The molecule has 0 aliphatic carbocycles. The highest BCUT2D eigenvalue weighted by Gasteiger charge is 2.03. The lowest BCUT2D eigenvalue weighted by atomic mass is 10.2. The van der Waals surface area contributed by atoms with Gasteiger partial charge >= 0.3 is 0 Å². The van der Waals surface area contributed by atoms with Crippen LogP contribution in [0.4, 0.5) is 0 Å². The van der Waals surface area contributed by atoms with Crippen molar-refractivity contribution >= 4 is 5.91 Å². The predicted octanol–water partition coefficient (Wildman–Crippen LogP) is 0.171. The average molecular weight is 169 g/mol. The molecule has 0 fully saturated rings. The topological polar surface area (TPSA) is 56.1 Å². The summed E-state index contributed by atoms with van der Waals surface area (Å²) in [5.41, 5.74) is 0. The Labute approximate surface area is 73.2 Å². The van der Waals surface area contributed by atoms with Gasteiger partial charge in [-0.3, -0.25) is 4.79 Å². The van der Waals surface area contributed by atoms with Gasteiger partial charge in [0.05, 0.1) is 0 Å². The van der Waals surface area contributed by atoms with Crippen LogP contribution in [0.15, 0.2) is 0 Å². The molecule has 1 amide bonds. The summed E-state index contributed by atoms with van der Waals surface area (Å²) in [6, 6.07) is 0. The van der Waals surface area contributed by atoms with Crippen molar-refractivity contribution in [2.75, 3.05) is 20.1 Å². The van der Waals surface area contributed by atoms with Crippen LogP contribution in [0.25, 0.3) is 0 Å². The Balaban J connectivity index is 3.55. The van der Waals surface area contributed by atoms with E-state index >= 15 is 0 Å². The smallest absolute Gasteiger partial charge is 0.240 e. The lowest BCUT2D eigenvalue weighted by Gasteiger charge is -2.10. The highest BCUT2D eigenvalue weighted by molar-refractivity contribution is 5.78. The maximum atomic E-state index is 11.0. The van der Waals surface area contributed by atoms with Gasteiger partial charge < -0.3 is 10.2 Å². The van der Waals surface area contributed by atoms with Crippen molar-refractivity contribution in [1.29, 1.82) is 5.26 Å². The van der Waals surface area contributed by atoms with Gasteiger partial charge in [-0.1, -0.05) is 13.8 Å². The lowest BCUT2D eigenvalue weighted by Crippen LogP contribution is -2.35. The second-order valence-corrected chi connectivity index (χ2v) is 3.15. The van der Waals surface area contributed by atoms with Gasteiger partial charge in [0.1, 0.15) is 6.54 Å². The van der Waals surface area contributed by atoms with Crippen LogP contribution < -0.4 is 5.32 Å². The summed E-state index contributed by atoms with van der Waals surface area (Å²) in [5.74, 6) is 0.342. The maximum absolute atomic E-state index is 11.0. The molecular weight excluding hydrogens is 154 g/mol. The van der Waals surface area contributed by atoms with Crippen molar-refractivity contribution < 1.29 is 4.79 Å². The highest BCUT2D eigenvalue weighted by atomic mass is 16.2. The Kier molecular flexibility index (Phi) is 4.86. The molecule has 1 N–H and O–H groups in total. The first-order valence-electron chi connectivity index (χ1n) is 3.93. The van der Waals surface area contributed by atoms with Crippen LogP contribution >= 0.6 is 0 Å². The molecule has 0 unspecified atom stereocenters. The normalized spacial score (nSPS) is 9.25. The summed E-state index contributed by atoms with van der Waals surface area (Å²) >= 11 is 0. The molecule has 0 heterocycles. The number of amides is 1. The molecule has 0 atom stereocenters. The molecule has 0 rings (SSSR count). The van der Waals surface area contributed by atoms with E-state index in [2.05, 4.69) is 5.32 Å². The average Bonchev–Trinajstić information content (AvgIpc) is 2.00. The molecule has 4 nitrogen and oxygen atoms in total. The Morgan fingerprint density at radius 1 is 1.67 bits per heavy atom. The summed E-state index contributed by atoms with van der Waals surface area (Å²) in [6.45, 7) is 4.85. The van der Waals surface area contributed by atoms with Crippen LogP contribution in [0.1, 0.15) is 13.8 Å². The molecule has 4 heteroatoms. The number of hydrogen-bond donors (Lipinski definition) is 1. The molecule has 0 aliphatic rings. The van der Waals surface area contributed by atoms with E-state index in [-0.39, 0.29) is 12.5 Å². The number of nitriles is 1. The second kappa shape index (κ2) is 5.42. The van der Waals surface area contributed by atoms with Crippen molar-refractivity contribution in [3.63, 3.8) is 0 Å². The van der Waals surface area contributed by atoms with E-state index in [0.29, 0.717) is 12.5 Å². The number of nitrogens with zero attached hydrogens (tertiary/aromatic N) is 2. The molecule has 12 heavy (non-hydrogen) atoms. The summed E-state index contributed by atoms with van der Waals surface area (Å²) in [4.78, 5) is 12.3. The standard InChI is InChI=1S/C8H15N3O/c1-7(2)4-10-8(12)5-11(3)6-9/h7H,4-5H2,1-3H3,(H,10,12). The van der Waals surface area contributed by atoms with Crippen LogP contribution in [0, 0.1) is 17.4 Å². The molecule has 0 saturated heterocycles. The number of likely N-dealkylation sites (N-methyl/N-ethyl adjacent to an activating group) is 1. The highest BCUT2D eigenvalue weighted by Crippen LogP contribution is 1.87. The minimum atomic E-state index is -0.104. The van der Waals surface area contributed by atoms with E-state index in [1.165, 1.54) is 4.90 Å². The maximum Gasteiger partial charge on any atom is 0.240 e. The number of rotatable bonds is 4. The molecule has 0 radical (unpaired) electrons. The zero-order chi connectivity index (χ0) is 9.56. The molecule has 0 aliphatic heterocycles. The van der Waals surface area contributed by atoms with Crippen LogP contribution in [0.5, 0.6) is 0 Å². The fourth-order valence-corrected chi connectivity index (χ4v) is 0.625. The number of carbonyl (C=O) groups excluding carboxylic acids is 1. The van der Waals surface area contributed by atoms with Crippen LogP contribution in [0.2, 0.25) is 0 Å². The van der Waals surface area contributed by atoms with Crippen molar-refractivity contribution in [2.24, 2.45) is 5.92 Å². The van der Waals surface area contributed by atoms with Gasteiger partial charge in [0.25, 0.3) is 0 Å². The van der Waals surface area contributed by atoms with Gasteiger partial charge in [0, 0.05) is 13.6 Å². The third-order valence-electron chi connectivity index (χ3n) is 1.26. The third kappa shape index (κ3) is 5.54. The fourth-order valence-electron chi connectivity index (χ4n) is 0.625. The van der Waals surface area contributed by atoms with Gasteiger partial charge in [-0.05, 0) is 5.92 Å². The summed E-state index contributed by atoms with van der Waals surface area (Å²) < 4.78 is 0. The molecule has 0 aromatic carbocycles. The van der Waals surface area contributed by atoms with E-state index in [0.717, 1.165) is 0 Å². The zero-order valence-corrected chi connectivity index (χ0v) is 7.79. The molecule has 0 spiro atoms. The molecule has 0 aromatic heterocycles. The molecule has 0 aromatic rings. The van der Waals surface area contributed by atoms with Gasteiger partial charge in [-0.25, -0.2) is 0 Å². The molecule has 0 bridgehead atoms. The molecule has 0 saturated carbocycles. The summed E-state index contributed by atoms with van der Waals surface area (Å²) in [7, 11) is 1.58. The van der Waals surface area contributed by atoms with E-state index in [1.54, 1.807) is 7.05 Å². The fraction of sp³-hybridized carbons (Fsp3) is 0.750. The first kappa shape index (κ1) is 10.8. The second-order valence-electron chi connectivity index (χ2n) is 3.15. The largest absolute Gasteiger partial charge is 0.354 e. The third-order valence-corrected chi connectivity index (χ3v) is 1.26. The number of carbonyl (C=O) groups is 1. The zero-order valence-electron chi connectivity index (χ0n) is 7.79. The number of nitrogens with one attached hydrogen (secondary N) is 1. The molecule has 68 valence electrons. The van der Waals surface area contributed by atoms with Gasteiger partial charge in [-0.15, -0.1) is 0 Å². The van der Waals surface area contributed by atoms with E-state index in [9.17, 15) is 4.79 Å². The Bertz CT molecular complexity index is 183. The quantitative estimate of drug-likeness (QED) is 0.482. The molecular formula is C8H15N3O. The lowest BCUT2D eigenvalue weighted by molar-refractivity contribution is -0.121. The van der Waals surface area contributed by atoms with Crippen molar-refractivity contribution in [3.05, 3.63) is 0 Å². The Morgan fingerprint density at radius 3 is 2.67 bits per heavy atom. The van der Waals surface area contributed by atoms with Crippen LogP contribution in [-0.2, 0) is 4.79 Å². The predicted molar refractivity (Wildman–Crippen MR) is 46.1 cm³/mol. The van der Waals surface area contributed by atoms with Gasteiger partial charge in [0.15, 0.2) is 6.19 Å². The first-order valence-corrected chi connectivity index (χ1v) is 3.93. The monoisotopic (exact) mass is 169 g/mol. The minimum absolute atomic E-state index is 0.104. The number of hydrogen-bond acceptors (Lipinski definition) is 3. The van der Waals surface area contributed by atoms with E-state index < -0.39 is 0 Å². The van der Waals surface area contributed by atoms with Crippen molar-refractivity contribution in [2.45, 2.75) is 13.8 Å². The summed E-state index contributed by atoms with van der Waals surface area (Å²) in [6.07, 6.45) is 1.86. The van der Waals surface area contributed by atoms with Crippen molar-refractivity contribution in [1.82, 2.24) is 10.2 Å².